The van der Waals surface area contributed by atoms with Crippen LogP contribution in [-0.4, -0.2) is 0 Å². The summed E-state index contributed by atoms with van der Waals surface area (Å²) in [7, 11) is 0. The van der Waals surface area contributed by atoms with Crippen LogP contribution in [0.2, 0.25) is 0 Å². The van der Waals surface area contributed by atoms with Crippen molar-refractivity contribution >= 4 is 10.8 Å². The van der Waals surface area contributed by atoms with Gasteiger partial charge in [-0.15, -0.1) is 0 Å². The molecule has 0 unspecified atom stereocenters. The molecule has 0 aliphatic heterocycles. The summed E-state index contributed by atoms with van der Waals surface area (Å²) in [5.41, 5.74) is 1.45. The molecule has 0 heteroatoms. The highest BCUT2D eigenvalue weighted by Crippen LogP contribution is 2.19. The molecule has 0 amide bonds. The van der Waals surface area contributed by atoms with Gasteiger partial charge < -0.3 is 0 Å². The summed E-state index contributed by atoms with van der Waals surface area (Å²) < 4.78 is 0. The maximum absolute atomic E-state index is 3.10. The summed E-state index contributed by atoms with van der Waals surface area (Å²) in [6.45, 7) is 2.22. The average molecular weight is 169 g/mol. The van der Waals surface area contributed by atoms with Crippen LogP contribution >= 0.6 is 0 Å². The Bertz CT molecular complexity index is 396. The van der Waals surface area contributed by atoms with Crippen molar-refractivity contribution in [3.8, 4) is 0 Å². The SMILES string of the molecule is CCCc1cccc2c[c]ccc12. The van der Waals surface area contributed by atoms with Crippen LogP contribution in [0, 0.1) is 6.07 Å². The molecule has 0 aliphatic carbocycles. The fourth-order valence-corrected chi connectivity index (χ4v) is 1.72. The molecule has 0 bridgehead atoms. The van der Waals surface area contributed by atoms with Gasteiger partial charge in [0, 0.05) is 0 Å². The van der Waals surface area contributed by atoms with Crippen molar-refractivity contribution < 1.29 is 0 Å². The minimum absolute atomic E-state index is 1.17. The van der Waals surface area contributed by atoms with E-state index in [0.29, 0.717) is 0 Å². The fraction of sp³-hybridized carbons (Fsp3) is 0.231. The van der Waals surface area contributed by atoms with Gasteiger partial charge in [-0.1, -0.05) is 43.7 Å². The summed E-state index contributed by atoms with van der Waals surface area (Å²) in [6, 6.07) is 15.8. The van der Waals surface area contributed by atoms with E-state index in [1.165, 1.54) is 29.2 Å². The lowest BCUT2D eigenvalue weighted by Gasteiger charge is -2.03. The summed E-state index contributed by atoms with van der Waals surface area (Å²) >= 11 is 0. The predicted molar refractivity (Wildman–Crippen MR) is 56.8 cm³/mol. The maximum atomic E-state index is 3.10. The Balaban J connectivity index is 2.61. The van der Waals surface area contributed by atoms with E-state index in [1.807, 2.05) is 6.07 Å². The Morgan fingerprint density at radius 2 is 2.15 bits per heavy atom. The molecule has 0 aliphatic rings. The third-order valence-electron chi connectivity index (χ3n) is 2.33. The molecule has 0 nitrogen and oxygen atoms in total. The van der Waals surface area contributed by atoms with Gasteiger partial charge in [0.25, 0.3) is 0 Å². The Morgan fingerprint density at radius 1 is 1.23 bits per heavy atom. The zero-order valence-corrected chi connectivity index (χ0v) is 7.88. The average Bonchev–Trinajstić information content (AvgIpc) is 2.19. The molecular weight excluding hydrogens is 156 g/mol. The van der Waals surface area contributed by atoms with E-state index in [1.54, 1.807) is 0 Å². The van der Waals surface area contributed by atoms with Crippen LogP contribution in [0.1, 0.15) is 18.9 Å². The Labute approximate surface area is 79.2 Å². The topological polar surface area (TPSA) is 0 Å². The van der Waals surface area contributed by atoms with Crippen molar-refractivity contribution in [1.82, 2.24) is 0 Å². The summed E-state index contributed by atoms with van der Waals surface area (Å²) in [4.78, 5) is 0. The highest BCUT2D eigenvalue weighted by Gasteiger charge is 1.97. The maximum Gasteiger partial charge on any atom is -0.0151 e. The van der Waals surface area contributed by atoms with Crippen LogP contribution in [0.15, 0.2) is 36.4 Å². The van der Waals surface area contributed by atoms with Gasteiger partial charge in [-0.2, -0.15) is 0 Å². The second-order valence-electron chi connectivity index (χ2n) is 3.31. The lowest BCUT2D eigenvalue weighted by Crippen LogP contribution is -1.84. The van der Waals surface area contributed by atoms with E-state index < -0.39 is 0 Å². The Morgan fingerprint density at radius 3 is 3.00 bits per heavy atom. The zero-order chi connectivity index (χ0) is 9.10. The molecule has 1 radical (unpaired) electrons. The molecule has 0 saturated heterocycles. The minimum Gasteiger partial charge on any atom is -0.0651 e. The fourth-order valence-electron chi connectivity index (χ4n) is 1.72. The smallest absolute Gasteiger partial charge is 0.0151 e. The first kappa shape index (κ1) is 8.31. The first-order chi connectivity index (χ1) is 6.42. The van der Waals surface area contributed by atoms with Gasteiger partial charge in [0.15, 0.2) is 0 Å². The van der Waals surface area contributed by atoms with E-state index in [-0.39, 0.29) is 0 Å². The molecule has 13 heavy (non-hydrogen) atoms. The van der Waals surface area contributed by atoms with Crippen LogP contribution < -0.4 is 0 Å². The lowest BCUT2D eigenvalue weighted by molar-refractivity contribution is 0.929. The van der Waals surface area contributed by atoms with Gasteiger partial charge in [-0.25, -0.2) is 0 Å². The predicted octanol–water partition coefficient (Wildman–Crippen LogP) is 3.59. The van der Waals surface area contributed by atoms with Crippen LogP contribution in [-0.2, 0) is 6.42 Å². The van der Waals surface area contributed by atoms with Crippen LogP contribution in [0.25, 0.3) is 10.8 Å². The molecule has 65 valence electrons. The molecule has 0 fully saturated rings. The van der Waals surface area contributed by atoms with Crippen molar-refractivity contribution in [2.45, 2.75) is 19.8 Å². The number of hydrogen-bond donors (Lipinski definition) is 0. The van der Waals surface area contributed by atoms with Crippen molar-refractivity contribution in [1.29, 1.82) is 0 Å². The minimum atomic E-state index is 1.17. The molecule has 0 heterocycles. The molecular formula is C13H13. The normalized spacial score (nSPS) is 10.5. The molecule has 0 spiro atoms. The van der Waals surface area contributed by atoms with E-state index in [2.05, 4.69) is 43.3 Å². The number of rotatable bonds is 2. The molecule has 2 rings (SSSR count). The number of fused-ring (bicyclic) bond motifs is 1. The molecule has 0 N–H and O–H groups in total. The standard InChI is InChI=1S/C13H13/c1-2-6-11-8-5-9-12-7-3-4-10-13(11)12/h4-5,7-10H,2,6H2,1H3. The Hall–Kier alpha value is -1.30. The Kier molecular flexibility index (Phi) is 2.31. The van der Waals surface area contributed by atoms with Crippen LogP contribution in [0.5, 0.6) is 0 Å². The summed E-state index contributed by atoms with van der Waals surface area (Å²) in [5, 5.41) is 2.68. The molecule has 0 aromatic heterocycles. The quantitative estimate of drug-likeness (QED) is 0.644. The largest absolute Gasteiger partial charge is 0.0651 e. The van der Waals surface area contributed by atoms with Gasteiger partial charge in [0.2, 0.25) is 0 Å². The van der Waals surface area contributed by atoms with E-state index in [4.69, 9.17) is 0 Å². The van der Waals surface area contributed by atoms with Crippen molar-refractivity contribution in [2.75, 3.05) is 0 Å². The highest BCUT2D eigenvalue weighted by molar-refractivity contribution is 5.85. The third kappa shape index (κ3) is 1.57. The first-order valence-electron chi connectivity index (χ1n) is 4.79. The summed E-state index contributed by atoms with van der Waals surface area (Å²) in [6.07, 6.45) is 2.37. The highest BCUT2D eigenvalue weighted by atomic mass is 14.0. The molecule has 0 saturated carbocycles. The van der Waals surface area contributed by atoms with Gasteiger partial charge >= 0.3 is 0 Å². The van der Waals surface area contributed by atoms with Crippen molar-refractivity contribution in [3.63, 3.8) is 0 Å². The second kappa shape index (κ2) is 3.61. The molecule has 0 atom stereocenters. The van der Waals surface area contributed by atoms with Gasteiger partial charge in [-0.05, 0) is 34.9 Å². The van der Waals surface area contributed by atoms with Gasteiger partial charge in [-0.3, -0.25) is 0 Å². The van der Waals surface area contributed by atoms with Crippen LogP contribution in [0.3, 0.4) is 0 Å². The number of benzene rings is 2. The van der Waals surface area contributed by atoms with E-state index >= 15 is 0 Å². The van der Waals surface area contributed by atoms with E-state index in [0.717, 1.165) is 0 Å². The van der Waals surface area contributed by atoms with Gasteiger partial charge in [0.1, 0.15) is 0 Å². The molecule has 2 aromatic carbocycles. The monoisotopic (exact) mass is 169 g/mol. The van der Waals surface area contributed by atoms with Crippen LogP contribution in [0.4, 0.5) is 0 Å². The zero-order valence-electron chi connectivity index (χ0n) is 7.88. The number of aryl methyl sites for hydroxylation is 1. The second-order valence-corrected chi connectivity index (χ2v) is 3.31. The van der Waals surface area contributed by atoms with Crippen molar-refractivity contribution in [2.24, 2.45) is 0 Å². The molecule has 2 aromatic rings. The van der Waals surface area contributed by atoms with Gasteiger partial charge in [0.05, 0.1) is 0 Å². The lowest BCUT2D eigenvalue weighted by atomic mass is 10.0. The number of hydrogen-bond acceptors (Lipinski definition) is 0. The van der Waals surface area contributed by atoms with Crippen molar-refractivity contribution in [3.05, 3.63) is 48.0 Å². The van der Waals surface area contributed by atoms with E-state index in [9.17, 15) is 0 Å². The summed E-state index contributed by atoms with van der Waals surface area (Å²) in [5.74, 6) is 0. The third-order valence-corrected chi connectivity index (χ3v) is 2.33. The first-order valence-corrected chi connectivity index (χ1v) is 4.79.